The molecule has 14 heavy (non-hydrogen) atoms. The van der Waals surface area contributed by atoms with Gasteiger partial charge < -0.3 is 9.67 Å². The zero-order valence-electron chi connectivity index (χ0n) is 7.25. The second-order valence-corrected chi connectivity index (χ2v) is 3.82. The van der Waals surface area contributed by atoms with E-state index in [4.69, 9.17) is 5.11 Å². The van der Waals surface area contributed by atoms with E-state index in [0.717, 1.165) is 4.88 Å². The number of hydrogen-bond acceptors (Lipinski definition) is 3. The molecule has 1 N–H and O–H groups in total. The molecule has 2 aromatic rings. The molecule has 0 saturated carbocycles. The van der Waals surface area contributed by atoms with Crippen molar-refractivity contribution in [2.24, 2.45) is 0 Å². The summed E-state index contributed by atoms with van der Waals surface area (Å²) in [6, 6.07) is 3.91. The summed E-state index contributed by atoms with van der Waals surface area (Å²) in [7, 11) is 0. The molecule has 0 aliphatic rings. The fraction of sp³-hybridized carbons (Fsp3) is 0.111. The van der Waals surface area contributed by atoms with Crippen molar-refractivity contribution in [2.45, 2.75) is 6.54 Å². The van der Waals surface area contributed by atoms with E-state index in [0.29, 0.717) is 6.54 Å². The molecule has 0 aliphatic carbocycles. The van der Waals surface area contributed by atoms with Gasteiger partial charge in [-0.3, -0.25) is 0 Å². The third kappa shape index (κ3) is 1.67. The third-order valence-corrected chi connectivity index (χ3v) is 2.70. The molecule has 0 aromatic carbocycles. The fourth-order valence-corrected chi connectivity index (χ4v) is 1.90. The molecule has 2 aromatic heterocycles. The van der Waals surface area contributed by atoms with Crippen LogP contribution in [-0.4, -0.2) is 20.6 Å². The molecule has 0 aliphatic heterocycles. The van der Waals surface area contributed by atoms with Gasteiger partial charge in [-0.25, -0.2) is 9.78 Å². The van der Waals surface area contributed by atoms with Crippen LogP contribution in [0, 0.1) is 0 Å². The molecular weight excluding hydrogens is 200 g/mol. The second kappa shape index (κ2) is 3.63. The number of hydrogen-bond donors (Lipinski definition) is 1. The summed E-state index contributed by atoms with van der Waals surface area (Å²) in [5.74, 6) is -0.945. The molecule has 72 valence electrons. The molecule has 2 heterocycles. The minimum atomic E-state index is -0.945. The van der Waals surface area contributed by atoms with Crippen molar-refractivity contribution in [3.8, 4) is 0 Å². The van der Waals surface area contributed by atoms with Gasteiger partial charge in [0.2, 0.25) is 0 Å². The molecule has 0 unspecified atom stereocenters. The van der Waals surface area contributed by atoms with Crippen molar-refractivity contribution >= 4 is 17.3 Å². The predicted molar refractivity (Wildman–Crippen MR) is 52.6 cm³/mol. The van der Waals surface area contributed by atoms with Gasteiger partial charge >= 0.3 is 5.97 Å². The van der Waals surface area contributed by atoms with Gasteiger partial charge in [-0.1, -0.05) is 6.07 Å². The predicted octanol–water partition coefficient (Wildman–Crippen LogP) is 1.69. The molecule has 2 rings (SSSR count). The maximum absolute atomic E-state index is 10.8. The Morgan fingerprint density at radius 3 is 3.14 bits per heavy atom. The average Bonchev–Trinajstić information content (AvgIpc) is 2.75. The van der Waals surface area contributed by atoms with Gasteiger partial charge in [-0.15, -0.1) is 11.3 Å². The Morgan fingerprint density at radius 1 is 1.64 bits per heavy atom. The van der Waals surface area contributed by atoms with Crippen LogP contribution in [0.5, 0.6) is 0 Å². The Morgan fingerprint density at radius 2 is 2.50 bits per heavy atom. The number of aromatic carboxylic acids is 1. The number of carbonyl (C=O) groups is 1. The first-order valence-electron chi connectivity index (χ1n) is 4.03. The van der Waals surface area contributed by atoms with Gasteiger partial charge in [0.15, 0.2) is 0 Å². The first-order valence-corrected chi connectivity index (χ1v) is 4.91. The van der Waals surface area contributed by atoms with E-state index in [2.05, 4.69) is 4.98 Å². The van der Waals surface area contributed by atoms with E-state index in [1.807, 2.05) is 17.5 Å². The molecule has 0 atom stereocenters. The van der Waals surface area contributed by atoms with Gasteiger partial charge in [0.1, 0.15) is 5.69 Å². The highest BCUT2D eigenvalue weighted by Crippen LogP contribution is 2.11. The van der Waals surface area contributed by atoms with E-state index >= 15 is 0 Å². The van der Waals surface area contributed by atoms with Crippen LogP contribution in [0.2, 0.25) is 0 Å². The molecule has 4 nitrogen and oxygen atoms in total. The Bertz CT molecular complexity index is 433. The van der Waals surface area contributed by atoms with E-state index in [1.54, 1.807) is 15.9 Å². The minimum Gasteiger partial charge on any atom is -0.477 e. The van der Waals surface area contributed by atoms with Crippen LogP contribution in [0.4, 0.5) is 0 Å². The monoisotopic (exact) mass is 208 g/mol. The fourth-order valence-electron chi connectivity index (χ4n) is 1.20. The van der Waals surface area contributed by atoms with E-state index in [1.165, 1.54) is 12.5 Å². The van der Waals surface area contributed by atoms with Crippen molar-refractivity contribution in [1.29, 1.82) is 0 Å². The first-order chi connectivity index (χ1) is 6.77. The average molecular weight is 208 g/mol. The van der Waals surface area contributed by atoms with Crippen molar-refractivity contribution in [1.82, 2.24) is 9.55 Å². The van der Waals surface area contributed by atoms with Crippen molar-refractivity contribution < 1.29 is 9.90 Å². The smallest absolute Gasteiger partial charge is 0.354 e. The second-order valence-electron chi connectivity index (χ2n) is 2.79. The molecule has 0 bridgehead atoms. The molecule has 0 fully saturated rings. The topological polar surface area (TPSA) is 55.1 Å². The highest BCUT2D eigenvalue weighted by Gasteiger charge is 2.09. The Labute approximate surface area is 84.5 Å². The number of nitrogens with zero attached hydrogens (tertiary/aromatic N) is 2. The highest BCUT2D eigenvalue weighted by atomic mass is 32.1. The summed E-state index contributed by atoms with van der Waals surface area (Å²) in [6.45, 7) is 0.569. The van der Waals surface area contributed by atoms with Crippen LogP contribution in [0.3, 0.4) is 0 Å². The normalized spacial score (nSPS) is 10.3. The van der Waals surface area contributed by atoms with Gasteiger partial charge in [0.25, 0.3) is 0 Å². The lowest BCUT2D eigenvalue weighted by atomic mass is 10.4. The number of aromatic nitrogens is 2. The SMILES string of the molecule is O=C(O)c1cncn1Cc1cccs1. The van der Waals surface area contributed by atoms with Gasteiger partial charge in [-0.05, 0) is 11.4 Å². The van der Waals surface area contributed by atoms with E-state index < -0.39 is 5.97 Å². The summed E-state index contributed by atoms with van der Waals surface area (Å²) in [5, 5.41) is 10.8. The molecule has 0 radical (unpaired) electrons. The molecular formula is C9H8N2O2S. The van der Waals surface area contributed by atoms with Gasteiger partial charge in [-0.2, -0.15) is 0 Å². The molecule has 0 amide bonds. The molecule has 0 saturated heterocycles. The van der Waals surface area contributed by atoms with Gasteiger partial charge in [0, 0.05) is 4.88 Å². The van der Waals surface area contributed by atoms with Crippen LogP contribution < -0.4 is 0 Å². The van der Waals surface area contributed by atoms with Crippen LogP contribution in [0.15, 0.2) is 30.0 Å². The Kier molecular flexibility index (Phi) is 2.32. The van der Waals surface area contributed by atoms with Crippen LogP contribution in [0.1, 0.15) is 15.4 Å². The number of rotatable bonds is 3. The zero-order valence-corrected chi connectivity index (χ0v) is 8.07. The lowest BCUT2D eigenvalue weighted by Crippen LogP contribution is -2.07. The summed E-state index contributed by atoms with van der Waals surface area (Å²) < 4.78 is 1.62. The Hall–Kier alpha value is -1.62. The maximum Gasteiger partial charge on any atom is 0.354 e. The van der Waals surface area contributed by atoms with Crippen LogP contribution in [-0.2, 0) is 6.54 Å². The standard InChI is InChI=1S/C9H8N2O2S/c12-9(13)8-4-10-6-11(8)5-7-2-1-3-14-7/h1-4,6H,5H2,(H,12,13). The lowest BCUT2D eigenvalue weighted by molar-refractivity contribution is 0.0685. The largest absolute Gasteiger partial charge is 0.477 e. The minimum absolute atomic E-state index is 0.221. The summed E-state index contributed by atoms with van der Waals surface area (Å²) in [6.07, 6.45) is 2.89. The number of imidazole rings is 1. The van der Waals surface area contributed by atoms with Crippen molar-refractivity contribution in [3.05, 3.63) is 40.6 Å². The highest BCUT2D eigenvalue weighted by molar-refractivity contribution is 7.09. The molecule has 5 heteroatoms. The maximum atomic E-state index is 10.8. The van der Waals surface area contributed by atoms with Crippen LogP contribution in [0.25, 0.3) is 0 Å². The van der Waals surface area contributed by atoms with Crippen LogP contribution >= 0.6 is 11.3 Å². The van der Waals surface area contributed by atoms with E-state index in [9.17, 15) is 4.79 Å². The Balaban J connectivity index is 2.25. The van der Waals surface area contributed by atoms with Crippen molar-refractivity contribution in [3.63, 3.8) is 0 Å². The summed E-state index contributed by atoms with van der Waals surface area (Å²) in [4.78, 5) is 15.7. The summed E-state index contributed by atoms with van der Waals surface area (Å²) >= 11 is 1.60. The quantitative estimate of drug-likeness (QED) is 0.835. The van der Waals surface area contributed by atoms with Gasteiger partial charge in [0.05, 0.1) is 19.1 Å². The third-order valence-electron chi connectivity index (χ3n) is 1.84. The summed E-state index contributed by atoms with van der Waals surface area (Å²) in [5.41, 5.74) is 0.221. The zero-order chi connectivity index (χ0) is 9.97. The van der Waals surface area contributed by atoms with E-state index in [-0.39, 0.29) is 5.69 Å². The lowest BCUT2D eigenvalue weighted by Gasteiger charge is -2.01. The van der Waals surface area contributed by atoms with Crippen molar-refractivity contribution in [2.75, 3.05) is 0 Å². The first kappa shape index (κ1) is 8.96. The number of thiophene rings is 1. The molecule has 0 spiro atoms. The number of carboxylic acid groups (broad SMARTS) is 1. The number of carboxylic acids is 1.